The number of benzene rings is 1. The summed E-state index contributed by atoms with van der Waals surface area (Å²) in [7, 11) is 3.33. The van der Waals surface area contributed by atoms with E-state index in [0.29, 0.717) is 5.56 Å². The number of aromatic amines is 2. The van der Waals surface area contributed by atoms with Gasteiger partial charge in [0.15, 0.2) is 11.5 Å². The van der Waals surface area contributed by atoms with E-state index in [4.69, 9.17) is 9.47 Å². The zero-order valence-electron chi connectivity index (χ0n) is 18.6. The van der Waals surface area contributed by atoms with Gasteiger partial charge in [-0.05, 0) is 38.8 Å². The zero-order valence-corrected chi connectivity index (χ0v) is 18.6. The molecule has 1 aromatic heterocycles. The van der Waals surface area contributed by atoms with Gasteiger partial charge >= 0.3 is 0 Å². The van der Waals surface area contributed by atoms with Crippen LogP contribution in [0.25, 0.3) is 0 Å². The van der Waals surface area contributed by atoms with Crippen LogP contribution in [-0.4, -0.2) is 66.3 Å². The first kappa shape index (κ1) is 21.5. The highest BCUT2D eigenvalue weighted by atomic mass is 16.5. The topological polar surface area (TPSA) is 90.7 Å². The largest absolute Gasteiger partial charge is 0.493 e. The molecule has 2 aromatic rings. The van der Waals surface area contributed by atoms with Gasteiger partial charge < -0.3 is 19.5 Å². The van der Waals surface area contributed by atoms with Gasteiger partial charge in [-0.3, -0.25) is 19.6 Å². The molecule has 1 spiro atoms. The van der Waals surface area contributed by atoms with Crippen LogP contribution in [0.4, 0.5) is 0 Å². The minimum absolute atomic E-state index is 0.0386. The number of rotatable bonds is 6. The standard InChI is InChI=1S/C23H32N4O4/c1-16-18(22(29)25-24-16)12-20(28)27-11-9-23(15-27)8-5-10-26(14-23)13-17-6-4-7-19(30-2)21(17)31-3/h4,6-7H,5,8-15H2,1-3H3,(H2,24,25,29)/t23-/m0/s1. The number of para-hydroxylation sites is 1. The number of hydrogen-bond acceptors (Lipinski definition) is 5. The molecule has 31 heavy (non-hydrogen) atoms. The third-order valence-electron chi connectivity index (χ3n) is 6.83. The number of nitrogens with one attached hydrogen (secondary N) is 2. The van der Waals surface area contributed by atoms with E-state index >= 15 is 0 Å². The summed E-state index contributed by atoms with van der Waals surface area (Å²) in [5.74, 6) is 1.58. The molecule has 2 N–H and O–H groups in total. The lowest BCUT2D eigenvalue weighted by Crippen LogP contribution is -2.45. The van der Waals surface area contributed by atoms with E-state index < -0.39 is 0 Å². The van der Waals surface area contributed by atoms with Crippen molar-refractivity contribution in [1.29, 1.82) is 0 Å². The monoisotopic (exact) mass is 428 g/mol. The zero-order chi connectivity index (χ0) is 22.0. The summed E-state index contributed by atoms with van der Waals surface area (Å²) >= 11 is 0. The molecule has 8 heteroatoms. The lowest BCUT2D eigenvalue weighted by atomic mass is 9.79. The Morgan fingerprint density at radius 1 is 1.13 bits per heavy atom. The number of likely N-dealkylation sites (tertiary alicyclic amines) is 2. The Labute approximate surface area is 182 Å². The number of H-pyrrole nitrogens is 2. The van der Waals surface area contributed by atoms with Crippen LogP contribution in [0, 0.1) is 12.3 Å². The van der Waals surface area contributed by atoms with Crippen LogP contribution in [-0.2, 0) is 17.8 Å². The average Bonchev–Trinajstić information content (AvgIpc) is 3.31. The first-order chi connectivity index (χ1) is 14.9. The molecule has 8 nitrogen and oxygen atoms in total. The van der Waals surface area contributed by atoms with Crippen LogP contribution >= 0.6 is 0 Å². The number of hydrogen-bond donors (Lipinski definition) is 2. The van der Waals surface area contributed by atoms with Crippen molar-refractivity contribution in [1.82, 2.24) is 20.0 Å². The van der Waals surface area contributed by atoms with Crippen molar-refractivity contribution in [3.8, 4) is 11.5 Å². The molecule has 2 aliphatic rings. The van der Waals surface area contributed by atoms with E-state index in [9.17, 15) is 9.59 Å². The molecule has 2 aliphatic heterocycles. The second kappa shape index (κ2) is 8.78. The van der Waals surface area contributed by atoms with Gasteiger partial charge in [-0.25, -0.2) is 0 Å². The summed E-state index contributed by atoms with van der Waals surface area (Å²) in [6.45, 7) is 6.14. The maximum atomic E-state index is 12.9. The van der Waals surface area contributed by atoms with Crippen LogP contribution in [0.3, 0.4) is 0 Å². The number of nitrogens with zero attached hydrogens (tertiary/aromatic N) is 2. The molecule has 168 valence electrons. The number of methoxy groups -OCH3 is 2. The average molecular weight is 429 g/mol. The predicted molar refractivity (Wildman–Crippen MR) is 118 cm³/mol. The molecule has 0 unspecified atom stereocenters. The minimum atomic E-state index is -0.198. The van der Waals surface area contributed by atoms with Crippen molar-refractivity contribution in [2.45, 2.75) is 39.2 Å². The molecule has 3 heterocycles. The number of aryl methyl sites for hydroxylation is 1. The van der Waals surface area contributed by atoms with Gasteiger partial charge in [-0.2, -0.15) is 0 Å². The first-order valence-electron chi connectivity index (χ1n) is 10.9. The maximum absolute atomic E-state index is 12.9. The van der Waals surface area contributed by atoms with Gasteiger partial charge in [-0.1, -0.05) is 12.1 Å². The van der Waals surface area contributed by atoms with Gasteiger partial charge in [-0.15, -0.1) is 0 Å². The molecule has 2 fully saturated rings. The minimum Gasteiger partial charge on any atom is -0.493 e. The Morgan fingerprint density at radius 2 is 1.97 bits per heavy atom. The fourth-order valence-corrected chi connectivity index (χ4v) is 5.19. The van der Waals surface area contributed by atoms with Gasteiger partial charge in [0.25, 0.3) is 5.56 Å². The number of carbonyl (C=O) groups excluding carboxylic acids is 1. The fourth-order valence-electron chi connectivity index (χ4n) is 5.19. The first-order valence-corrected chi connectivity index (χ1v) is 10.9. The van der Waals surface area contributed by atoms with Crippen molar-refractivity contribution >= 4 is 5.91 Å². The number of aromatic nitrogens is 2. The Kier molecular flexibility index (Phi) is 6.09. The summed E-state index contributed by atoms with van der Waals surface area (Å²) in [6, 6.07) is 6.00. The molecule has 0 radical (unpaired) electrons. The summed E-state index contributed by atoms with van der Waals surface area (Å²) in [6.07, 6.45) is 3.41. The molecule has 0 saturated carbocycles. The van der Waals surface area contributed by atoms with Crippen LogP contribution in [0.2, 0.25) is 0 Å². The van der Waals surface area contributed by atoms with Crippen LogP contribution in [0.1, 0.15) is 36.1 Å². The smallest absolute Gasteiger partial charge is 0.267 e. The summed E-state index contributed by atoms with van der Waals surface area (Å²) in [5.41, 5.74) is 2.33. The number of piperidine rings is 1. The van der Waals surface area contributed by atoms with E-state index in [-0.39, 0.29) is 23.3 Å². The normalized spacial score (nSPS) is 21.6. The fraction of sp³-hybridized carbons (Fsp3) is 0.565. The molecule has 0 bridgehead atoms. The lowest BCUT2D eigenvalue weighted by Gasteiger charge is -2.40. The van der Waals surface area contributed by atoms with Crippen LogP contribution in [0.5, 0.6) is 11.5 Å². The summed E-state index contributed by atoms with van der Waals surface area (Å²) < 4.78 is 11.1. The van der Waals surface area contributed by atoms with Crippen LogP contribution < -0.4 is 15.0 Å². The second-order valence-corrected chi connectivity index (χ2v) is 8.89. The number of amides is 1. The second-order valence-electron chi connectivity index (χ2n) is 8.89. The number of ether oxygens (including phenoxy) is 2. The molecule has 2 saturated heterocycles. The molecule has 1 atom stereocenters. The number of carbonyl (C=O) groups is 1. The third kappa shape index (κ3) is 4.35. The highest BCUT2D eigenvalue weighted by molar-refractivity contribution is 5.79. The highest BCUT2D eigenvalue weighted by Crippen LogP contribution is 2.40. The summed E-state index contributed by atoms with van der Waals surface area (Å²) in [5, 5.41) is 5.36. The summed E-state index contributed by atoms with van der Waals surface area (Å²) in [4.78, 5) is 29.2. The Hall–Kier alpha value is -2.74. The third-order valence-corrected chi connectivity index (χ3v) is 6.83. The van der Waals surface area contributed by atoms with Gasteiger partial charge in [0, 0.05) is 48.4 Å². The molecule has 0 aliphatic carbocycles. The van der Waals surface area contributed by atoms with E-state index in [2.05, 4.69) is 21.2 Å². The van der Waals surface area contributed by atoms with Crippen molar-refractivity contribution in [2.24, 2.45) is 5.41 Å². The molecule has 1 amide bonds. The molecular formula is C23H32N4O4. The Morgan fingerprint density at radius 3 is 2.68 bits per heavy atom. The molecule has 4 rings (SSSR count). The highest BCUT2D eigenvalue weighted by Gasteiger charge is 2.42. The molecular weight excluding hydrogens is 396 g/mol. The Bertz CT molecular complexity index is 998. The maximum Gasteiger partial charge on any atom is 0.267 e. The predicted octanol–water partition coefficient (Wildman–Crippen LogP) is 2.09. The SMILES string of the molecule is COc1cccc(CN2CCC[C@]3(CCN(C(=O)Cc4c(C)[nH][nH]c4=O)C3)C2)c1OC. The Balaban J connectivity index is 1.42. The van der Waals surface area contributed by atoms with Gasteiger partial charge in [0.2, 0.25) is 5.91 Å². The van der Waals surface area contributed by atoms with Gasteiger partial charge in [0.05, 0.1) is 20.6 Å². The van der Waals surface area contributed by atoms with Crippen LogP contribution in [0.15, 0.2) is 23.0 Å². The lowest BCUT2D eigenvalue weighted by molar-refractivity contribution is -0.130. The van der Waals surface area contributed by atoms with Gasteiger partial charge in [0.1, 0.15) is 0 Å². The van der Waals surface area contributed by atoms with E-state index in [0.717, 1.165) is 74.7 Å². The van der Waals surface area contributed by atoms with E-state index in [1.807, 2.05) is 24.0 Å². The molecule has 1 aromatic carbocycles. The van der Waals surface area contributed by atoms with Crippen molar-refractivity contribution in [2.75, 3.05) is 40.4 Å². The van der Waals surface area contributed by atoms with E-state index in [1.54, 1.807) is 14.2 Å². The van der Waals surface area contributed by atoms with Crippen molar-refractivity contribution in [3.05, 3.63) is 45.4 Å². The van der Waals surface area contributed by atoms with Crippen molar-refractivity contribution < 1.29 is 14.3 Å². The van der Waals surface area contributed by atoms with E-state index in [1.165, 1.54) is 0 Å². The van der Waals surface area contributed by atoms with Crippen molar-refractivity contribution in [3.63, 3.8) is 0 Å². The quantitative estimate of drug-likeness (QED) is 0.735.